The van der Waals surface area contributed by atoms with Crippen LogP contribution in [0.5, 0.6) is 0 Å². The molecule has 0 aromatic heterocycles. The molecule has 0 N–H and O–H groups in total. The van der Waals surface area contributed by atoms with Gasteiger partial charge in [0.15, 0.2) is 0 Å². The Morgan fingerprint density at radius 1 is 1.67 bits per heavy atom. The lowest BCUT2D eigenvalue weighted by Crippen LogP contribution is -2.20. The minimum absolute atomic E-state index is 0.128. The molecule has 0 radical (unpaired) electrons. The highest BCUT2D eigenvalue weighted by Crippen LogP contribution is 2.51. The van der Waals surface area contributed by atoms with Crippen LogP contribution >= 0.6 is 30.9 Å². The molecule has 0 bridgehead atoms. The molecule has 1 atom stereocenters. The van der Waals surface area contributed by atoms with Crippen LogP contribution in [0.4, 0.5) is 4.39 Å². The third-order valence-corrected chi connectivity index (χ3v) is 3.48. The van der Waals surface area contributed by atoms with Gasteiger partial charge in [0.05, 0.1) is 6.61 Å². The van der Waals surface area contributed by atoms with Gasteiger partial charge < -0.3 is 0 Å². The second-order valence-electron chi connectivity index (χ2n) is 2.37. The summed E-state index contributed by atoms with van der Waals surface area (Å²) in [4.78, 5) is 0. The van der Waals surface area contributed by atoms with Crippen molar-refractivity contribution in [2.45, 2.75) is 6.92 Å². The highest BCUT2D eigenvalue weighted by molar-refractivity contribution is 7.51. The zero-order valence-corrected chi connectivity index (χ0v) is 10.7. The molecule has 0 aliphatic heterocycles. The van der Waals surface area contributed by atoms with Gasteiger partial charge in [0.25, 0.3) is 0 Å². The zero-order valence-electron chi connectivity index (χ0n) is 8.32. The highest BCUT2D eigenvalue weighted by atomic mass is 35.5. The number of oxime groups is 1. The minimum atomic E-state index is -3.64. The van der Waals surface area contributed by atoms with Gasteiger partial charge in [-0.15, -0.1) is 11.6 Å². The van der Waals surface area contributed by atoms with E-state index in [4.69, 9.17) is 27.7 Å². The number of halogens is 3. The molecule has 0 saturated carbocycles. The second kappa shape index (κ2) is 7.41. The van der Waals surface area contributed by atoms with Gasteiger partial charge >= 0.3 is 13.2 Å². The minimum Gasteiger partial charge on any atom is -0.297 e. The van der Waals surface area contributed by atoms with E-state index in [0.717, 1.165) is 0 Å². The first-order valence-corrected chi connectivity index (χ1v) is 6.47. The predicted octanol–water partition coefficient (Wildman–Crippen LogP) is 2.80. The topological polar surface area (TPSA) is 51.1 Å². The smallest absolute Gasteiger partial charge is 0.297 e. The van der Waals surface area contributed by atoms with Gasteiger partial charge in [-0.3, -0.25) is 9.15 Å². The average molecular weight is 281 g/mol. The molecule has 1 unspecified atom stereocenters. The Kier molecular flexibility index (Phi) is 7.48. The van der Waals surface area contributed by atoms with E-state index in [1.165, 1.54) is 11.7 Å². The quantitative estimate of drug-likeness (QED) is 0.311. The van der Waals surface area contributed by atoms with Crippen LogP contribution in [-0.2, 0) is 13.7 Å². The van der Waals surface area contributed by atoms with Crippen molar-refractivity contribution in [3.8, 4) is 0 Å². The standard InChI is InChI=1S/C6H12Cl2FN2O3P/c1-3-13-15(12,11(2)5-4-7)14-10-6(8)9/h3-5H2,1-2H3/b10-6-. The molecule has 0 aromatic carbocycles. The van der Waals surface area contributed by atoms with Crippen molar-refractivity contribution >= 4 is 36.4 Å². The maximum absolute atomic E-state index is 12.1. The molecule has 0 aliphatic carbocycles. The van der Waals surface area contributed by atoms with E-state index in [0.29, 0.717) is 0 Å². The third-order valence-electron chi connectivity index (χ3n) is 1.33. The van der Waals surface area contributed by atoms with Crippen molar-refractivity contribution in [3.63, 3.8) is 0 Å². The van der Waals surface area contributed by atoms with Gasteiger partial charge in [0.1, 0.15) is 0 Å². The molecule has 5 nitrogen and oxygen atoms in total. The van der Waals surface area contributed by atoms with Crippen LogP contribution in [-0.4, -0.2) is 36.2 Å². The third kappa shape index (κ3) is 5.68. The number of nitrogens with zero attached hydrogens (tertiary/aromatic N) is 2. The van der Waals surface area contributed by atoms with Gasteiger partial charge in [-0.05, 0) is 30.7 Å². The molecule has 9 heteroatoms. The Morgan fingerprint density at radius 3 is 2.67 bits per heavy atom. The largest absolute Gasteiger partial charge is 0.481 e. The Morgan fingerprint density at radius 2 is 2.27 bits per heavy atom. The summed E-state index contributed by atoms with van der Waals surface area (Å²) in [6.07, 6.45) is 0. The molecule has 15 heavy (non-hydrogen) atoms. The monoisotopic (exact) mass is 280 g/mol. The number of hydrogen-bond donors (Lipinski definition) is 0. The van der Waals surface area contributed by atoms with E-state index in [9.17, 15) is 8.96 Å². The second-order valence-corrected chi connectivity index (χ2v) is 5.10. The SMILES string of the molecule is CCOP(=O)(O/N=C(\F)Cl)N(C)CCCl. The van der Waals surface area contributed by atoms with Crippen LogP contribution in [0.2, 0.25) is 0 Å². The van der Waals surface area contributed by atoms with Gasteiger partial charge in [0.2, 0.25) is 0 Å². The normalized spacial score (nSPS) is 16.5. The molecule has 0 aromatic rings. The Hall–Kier alpha value is 0.130. The Bertz CT molecular complexity index is 263. The van der Waals surface area contributed by atoms with E-state index in [1.807, 2.05) is 0 Å². The molecular weight excluding hydrogens is 269 g/mol. The Balaban J connectivity index is 4.57. The Labute approximate surface area is 97.7 Å². The fourth-order valence-corrected chi connectivity index (χ4v) is 2.34. The first-order valence-electron chi connectivity index (χ1n) is 4.06. The van der Waals surface area contributed by atoms with Crippen molar-refractivity contribution in [2.75, 3.05) is 26.1 Å². The lowest BCUT2D eigenvalue weighted by molar-refractivity contribution is 0.176. The van der Waals surface area contributed by atoms with Crippen LogP contribution in [0.15, 0.2) is 5.16 Å². The van der Waals surface area contributed by atoms with Gasteiger partial charge in [-0.1, -0.05) is 0 Å². The summed E-state index contributed by atoms with van der Waals surface area (Å²) in [5, 5.41) is 2.76. The van der Waals surface area contributed by atoms with Gasteiger partial charge in [0, 0.05) is 12.4 Å². The lowest BCUT2D eigenvalue weighted by atomic mass is 10.8. The summed E-state index contributed by atoms with van der Waals surface area (Å²) >= 11 is 10.3. The van der Waals surface area contributed by atoms with Crippen LogP contribution in [0, 0.1) is 0 Å². The molecule has 0 amide bonds. The summed E-state index contributed by atoms with van der Waals surface area (Å²) in [7, 11) is -2.19. The lowest BCUT2D eigenvalue weighted by Gasteiger charge is -2.22. The first kappa shape index (κ1) is 15.1. The summed E-state index contributed by atoms with van der Waals surface area (Å²) in [5.41, 5.74) is -1.35. The number of rotatable bonds is 7. The summed E-state index contributed by atoms with van der Waals surface area (Å²) in [6, 6.07) is 0. The van der Waals surface area contributed by atoms with Crippen molar-refractivity contribution in [2.24, 2.45) is 5.16 Å². The summed E-state index contributed by atoms with van der Waals surface area (Å²) in [6.45, 7) is 1.99. The van der Waals surface area contributed by atoms with Crippen LogP contribution in [0.25, 0.3) is 0 Å². The fraction of sp³-hybridized carbons (Fsp3) is 0.833. The number of hydrogen-bond acceptors (Lipinski definition) is 4. The zero-order chi connectivity index (χ0) is 11.9. The van der Waals surface area contributed by atoms with E-state index >= 15 is 0 Å². The number of alkyl halides is 1. The van der Waals surface area contributed by atoms with Crippen LogP contribution in [0.3, 0.4) is 0 Å². The van der Waals surface area contributed by atoms with Crippen molar-refractivity contribution < 1.29 is 18.1 Å². The van der Waals surface area contributed by atoms with E-state index in [-0.39, 0.29) is 19.0 Å². The molecule has 0 rings (SSSR count). The maximum Gasteiger partial charge on any atom is 0.481 e. The summed E-state index contributed by atoms with van der Waals surface area (Å²) < 4.78 is 34.5. The van der Waals surface area contributed by atoms with E-state index < -0.39 is 13.2 Å². The van der Waals surface area contributed by atoms with Crippen LogP contribution in [0.1, 0.15) is 6.92 Å². The van der Waals surface area contributed by atoms with E-state index in [1.54, 1.807) is 6.92 Å². The van der Waals surface area contributed by atoms with Gasteiger partial charge in [-0.25, -0.2) is 4.57 Å². The summed E-state index contributed by atoms with van der Waals surface area (Å²) in [5.74, 6) is 0.226. The predicted molar refractivity (Wildman–Crippen MR) is 58.1 cm³/mol. The molecule has 90 valence electrons. The van der Waals surface area contributed by atoms with Crippen molar-refractivity contribution in [3.05, 3.63) is 0 Å². The molecule has 0 fully saturated rings. The van der Waals surface area contributed by atoms with Gasteiger partial charge in [-0.2, -0.15) is 9.06 Å². The molecule has 0 heterocycles. The first-order chi connectivity index (χ1) is 6.96. The molecule has 0 aliphatic rings. The molecule has 0 spiro atoms. The molecular formula is C6H12Cl2FN2O3P. The van der Waals surface area contributed by atoms with E-state index in [2.05, 4.69) is 9.78 Å². The van der Waals surface area contributed by atoms with Crippen LogP contribution < -0.4 is 0 Å². The average Bonchev–Trinajstić information content (AvgIpc) is 2.15. The highest BCUT2D eigenvalue weighted by Gasteiger charge is 2.32. The maximum atomic E-state index is 12.1. The van der Waals surface area contributed by atoms with Crippen molar-refractivity contribution in [1.29, 1.82) is 0 Å². The van der Waals surface area contributed by atoms with Crippen molar-refractivity contribution in [1.82, 2.24) is 4.67 Å². The fourth-order valence-electron chi connectivity index (χ4n) is 0.675. The molecule has 0 saturated heterocycles.